The summed E-state index contributed by atoms with van der Waals surface area (Å²) in [5.74, 6) is 0.655. The normalized spacial score (nSPS) is 25.9. The predicted molar refractivity (Wildman–Crippen MR) is 135 cm³/mol. The van der Waals surface area contributed by atoms with Gasteiger partial charge in [0.2, 0.25) is 21.9 Å². The van der Waals surface area contributed by atoms with Crippen LogP contribution in [0.1, 0.15) is 58.8 Å². The first kappa shape index (κ1) is 27.7. The number of aliphatic imine (C=N–C) groups is 1. The number of nitrogens with one attached hydrogen (secondary N) is 2. The Morgan fingerprint density at radius 1 is 1.20 bits per heavy atom. The van der Waals surface area contributed by atoms with Gasteiger partial charge in [0, 0.05) is 32.7 Å². The Morgan fingerprint density at radius 3 is 2.49 bits per heavy atom. The van der Waals surface area contributed by atoms with E-state index in [2.05, 4.69) is 26.0 Å². The Kier molecular flexibility index (Phi) is 9.78. The first-order chi connectivity index (χ1) is 16.6. The number of carbonyl (C=O) groups excluding carboxylic acids is 1. The van der Waals surface area contributed by atoms with E-state index in [1.807, 2.05) is 13.8 Å². The van der Waals surface area contributed by atoms with Crippen molar-refractivity contribution in [3.8, 4) is 6.07 Å². The van der Waals surface area contributed by atoms with E-state index in [0.29, 0.717) is 51.6 Å². The average Bonchev–Trinajstić information content (AvgIpc) is 3.21. The van der Waals surface area contributed by atoms with Crippen LogP contribution in [0.5, 0.6) is 0 Å². The lowest BCUT2D eigenvalue weighted by Crippen LogP contribution is -2.54. The molecule has 0 radical (unpaired) electrons. The fourth-order valence-electron chi connectivity index (χ4n) is 5.25. The van der Waals surface area contributed by atoms with Gasteiger partial charge in [0.15, 0.2) is 0 Å². The molecule has 3 aliphatic rings. The molecule has 2 aliphatic heterocycles. The van der Waals surface area contributed by atoms with Crippen LogP contribution in [-0.4, -0.2) is 93.9 Å². The van der Waals surface area contributed by atoms with Crippen LogP contribution in [0.2, 0.25) is 0 Å². The van der Waals surface area contributed by atoms with Crippen molar-refractivity contribution in [3.63, 3.8) is 0 Å². The van der Waals surface area contributed by atoms with Gasteiger partial charge in [-0.15, -0.1) is 0 Å². The summed E-state index contributed by atoms with van der Waals surface area (Å²) in [5.41, 5.74) is -0.945. The monoisotopic (exact) mass is 510 g/mol. The molecule has 0 aromatic rings. The molecule has 3 rings (SSSR count). The number of hydrogen-bond donors (Lipinski definition) is 2. The summed E-state index contributed by atoms with van der Waals surface area (Å²) < 4.78 is 31.9. The zero-order chi connectivity index (χ0) is 25.5. The molecular formula is C24H42N6O4S. The van der Waals surface area contributed by atoms with Gasteiger partial charge in [-0.1, -0.05) is 33.1 Å². The Bertz CT molecular complexity index is 890. The van der Waals surface area contributed by atoms with Crippen LogP contribution in [0.4, 0.5) is 0 Å². The van der Waals surface area contributed by atoms with Crippen molar-refractivity contribution in [3.05, 3.63) is 0 Å². The van der Waals surface area contributed by atoms with Crippen LogP contribution in [0.25, 0.3) is 0 Å². The lowest BCUT2D eigenvalue weighted by atomic mass is 9.89. The third-order valence-electron chi connectivity index (χ3n) is 7.03. The van der Waals surface area contributed by atoms with Gasteiger partial charge in [-0.25, -0.2) is 13.4 Å². The van der Waals surface area contributed by atoms with E-state index in [-0.39, 0.29) is 17.8 Å². The van der Waals surface area contributed by atoms with Crippen LogP contribution in [-0.2, 0) is 19.6 Å². The minimum absolute atomic E-state index is 0.156. The third kappa shape index (κ3) is 8.62. The summed E-state index contributed by atoms with van der Waals surface area (Å²) in [4.78, 5) is 22.2. The molecule has 11 heteroatoms. The summed E-state index contributed by atoms with van der Waals surface area (Å²) >= 11 is 0. The number of likely N-dealkylation sites (tertiary alicyclic amines) is 1. The molecule has 2 unspecified atom stereocenters. The van der Waals surface area contributed by atoms with Crippen LogP contribution >= 0.6 is 0 Å². The van der Waals surface area contributed by atoms with Crippen molar-refractivity contribution in [2.75, 3.05) is 52.2 Å². The second kappa shape index (κ2) is 12.4. The van der Waals surface area contributed by atoms with E-state index in [4.69, 9.17) is 4.74 Å². The molecule has 2 atom stereocenters. The van der Waals surface area contributed by atoms with E-state index in [0.717, 1.165) is 19.3 Å². The zero-order valence-corrected chi connectivity index (χ0v) is 22.3. The predicted octanol–water partition coefficient (Wildman–Crippen LogP) is 1.30. The summed E-state index contributed by atoms with van der Waals surface area (Å²) in [6.07, 6.45) is 8.45. The highest BCUT2D eigenvalue weighted by atomic mass is 32.2. The Hall–Kier alpha value is -1.90. The van der Waals surface area contributed by atoms with Gasteiger partial charge in [-0.05, 0) is 37.5 Å². The molecule has 0 bridgehead atoms. The number of morpholine rings is 1. The van der Waals surface area contributed by atoms with Crippen molar-refractivity contribution >= 4 is 21.9 Å². The maximum atomic E-state index is 13.5. The number of nitrogens with zero attached hydrogens (tertiary/aromatic N) is 4. The highest BCUT2D eigenvalue weighted by molar-refractivity contribution is 7.89. The minimum atomic E-state index is -3.59. The van der Waals surface area contributed by atoms with Gasteiger partial charge >= 0.3 is 0 Å². The lowest BCUT2D eigenvalue weighted by molar-refractivity contribution is -0.123. The number of ether oxygens (including phenoxy) is 1. The molecule has 2 N–H and O–H groups in total. The van der Waals surface area contributed by atoms with E-state index in [1.54, 1.807) is 4.90 Å². The molecule has 10 nitrogen and oxygen atoms in total. The molecule has 2 heterocycles. The topological polar surface area (TPSA) is 127 Å². The molecule has 35 heavy (non-hydrogen) atoms. The second-order valence-corrected chi connectivity index (χ2v) is 12.5. The number of nitriles is 1. The Morgan fingerprint density at radius 2 is 1.89 bits per heavy atom. The van der Waals surface area contributed by atoms with Crippen molar-refractivity contribution in [2.45, 2.75) is 70.4 Å². The highest BCUT2D eigenvalue weighted by Gasteiger charge is 2.41. The minimum Gasteiger partial charge on any atom is -0.378 e. The molecule has 2 saturated heterocycles. The summed E-state index contributed by atoms with van der Waals surface area (Å²) in [7, 11) is -3.59. The standard InChI is InChI=1S/C24H42N6O4S/c1-19(2)15-21(26-23(28-35(3,32)33)30-11-13-34-14-12-30)22(31)27-24(17-25)9-10-29(18-24)16-20-7-5-4-6-8-20/h19-21H,4-16,18H2,1-3H3,(H,26,28)(H,27,31). The van der Waals surface area contributed by atoms with Gasteiger partial charge < -0.3 is 15.0 Å². The van der Waals surface area contributed by atoms with E-state index >= 15 is 0 Å². The molecule has 1 aliphatic carbocycles. The van der Waals surface area contributed by atoms with Crippen molar-refractivity contribution in [2.24, 2.45) is 16.8 Å². The maximum Gasteiger partial charge on any atom is 0.246 e. The Balaban J connectivity index is 1.74. The molecule has 0 aromatic heterocycles. The van der Waals surface area contributed by atoms with Gasteiger partial charge in [0.1, 0.15) is 11.6 Å². The molecule has 198 valence electrons. The number of sulfonamides is 1. The molecular weight excluding hydrogens is 468 g/mol. The van der Waals surface area contributed by atoms with Crippen LogP contribution in [0.3, 0.4) is 0 Å². The van der Waals surface area contributed by atoms with Crippen LogP contribution in [0, 0.1) is 23.2 Å². The number of amides is 1. The third-order valence-corrected chi connectivity index (χ3v) is 7.58. The molecule has 3 fully saturated rings. The first-order valence-electron chi connectivity index (χ1n) is 12.9. The number of guanidine groups is 1. The number of carbonyl (C=O) groups is 1. The SMILES string of the molecule is CC(C)CC(N=C(NS(C)(=O)=O)N1CCOCC1)C(=O)NC1(C#N)CCN(CC2CCCCC2)C1. The smallest absolute Gasteiger partial charge is 0.246 e. The molecule has 0 spiro atoms. The Labute approximate surface area is 210 Å². The second-order valence-electron chi connectivity index (χ2n) is 10.7. The fourth-order valence-corrected chi connectivity index (χ4v) is 5.76. The van der Waals surface area contributed by atoms with E-state index < -0.39 is 21.6 Å². The molecule has 1 saturated carbocycles. The zero-order valence-electron chi connectivity index (χ0n) is 21.5. The largest absolute Gasteiger partial charge is 0.378 e. The van der Waals surface area contributed by atoms with E-state index in [1.165, 1.54) is 32.1 Å². The number of rotatable bonds is 8. The molecule has 0 aromatic carbocycles. The fraction of sp³-hybridized carbons (Fsp3) is 0.875. The summed E-state index contributed by atoms with van der Waals surface area (Å²) in [5, 5.41) is 13.1. The first-order valence-corrected chi connectivity index (χ1v) is 14.8. The van der Waals surface area contributed by atoms with Crippen molar-refractivity contribution < 1.29 is 17.9 Å². The van der Waals surface area contributed by atoms with Crippen LogP contribution < -0.4 is 10.0 Å². The van der Waals surface area contributed by atoms with Gasteiger partial charge in [-0.2, -0.15) is 5.26 Å². The van der Waals surface area contributed by atoms with Crippen molar-refractivity contribution in [1.29, 1.82) is 5.26 Å². The summed E-state index contributed by atoms with van der Waals surface area (Å²) in [6, 6.07) is 1.57. The quantitative estimate of drug-likeness (QED) is 0.372. The van der Waals surface area contributed by atoms with Crippen LogP contribution in [0.15, 0.2) is 4.99 Å². The maximum absolute atomic E-state index is 13.5. The van der Waals surface area contributed by atoms with E-state index in [9.17, 15) is 18.5 Å². The average molecular weight is 511 g/mol. The number of hydrogen-bond acceptors (Lipinski definition) is 7. The lowest BCUT2D eigenvalue weighted by Gasteiger charge is -2.31. The summed E-state index contributed by atoms with van der Waals surface area (Å²) in [6.45, 7) is 8.15. The van der Waals surface area contributed by atoms with Gasteiger partial charge in [0.05, 0.1) is 25.5 Å². The van der Waals surface area contributed by atoms with Gasteiger partial charge in [-0.3, -0.25) is 14.4 Å². The van der Waals surface area contributed by atoms with Crippen molar-refractivity contribution in [1.82, 2.24) is 19.8 Å². The highest BCUT2D eigenvalue weighted by Crippen LogP contribution is 2.28. The van der Waals surface area contributed by atoms with Gasteiger partial charge in [0.25, 0.3) is 0 Å². The molecule has 1 amide bonds.